The highest BCUT2D eigenvalue weighted by atomic mass is 16.5. The van der Waals surface area contributed by atoms with Crippen LogP contribution in [0.4, 0.5) is 0 Å². The Morgan fingerprint density at radius 3 is 2.75 bits per heavy atom. The van der Waals surface area contributed by atoms with Crippen LogP contribution in [0, 0.1) is 0 Å². The molecule has 0 saturated carbocycles. The third-order valence-corrected chi connectivity index (χ3v) is 3.91. The molecule has 1 heterocycles. The van der Waals surface area contributed by atoms with Gasteiger partial charge in [-0.2, -0.15) is 0 Å². The summed E-state index contributed by atoms with van der Waals surface area (Å²) in [6, 6.07) is 17.8. The Morgan fingerprint density at radius 1 is 1.12 bits per heavy atom. The summed E-state index contributed by atoms with van der Waals surface area (Å²) in [4.78, 5) is 18.5. The number of pyridine rings is 1. The van der Waals surface area contributed by atoms with Gasteiger partial charge in [0.2, 0.25) is 5.88 Å². The van der Waals surface area contributed by atoms with Crippen molar-refractivity contribution in [2.45, 2.75) is 13.5 Å². The molecule has 0 N–H and O–H groups in total. The topological polar surface area (TPSA) is 42.4 Å². The van der Waals surface area contributed by atoms with E-state index in [1.807, 2.05) is 32.2 Å². The fourth-order valence-electron chi connectivity index (χ4n) is 2.75. The fraction of sp³-hybridized carbons (Fsp3) is 0.200. The second-order valence-electron chi connectivity index (χ2n) is 5.62. The molecule has 0 saturated heterocycles. The molecule has 122 valence electrons. The van der Waals surface area contributed by atoms with Crippen molar-refractivity contribution in [2.24, 2.45) is 0 Å². The van der Waals surface area contributed by atoms with Gasteiger partial charge >= 0.3 is 0 Å². The van der Waals surface area contributed by atoms with Crippen LogP contribution in [0.25, 0.3) is 10.8 Å². The average molecular weight is 320 g/mol. The normalized spacial score (nSPS) is 10.6. The highest BCUT2D eigenvalue weighted by Gasteiger charge is 2.14. The van der Waals surface area contributed by atoms with Crippen LogP contribution >= 0.6 is 0 Å². The van der Waals surface area contributed by atoms with Gasteiger partial charge < -0.3 is 9.64 Å². The largest absolute Gasteiger partial charge is 0.478 e. The Labute approximate surface area is 141 Å². The number of benzene rings is 2. The van der Waals surface area contributed by atoms with Crippen molar-refractivity contribution in [3.8, 4) is 5.88 Å². The molecule has 3 aromatic rings. The van der Waals surface area contributed by atoms with Crippen molar-refractivity contribution in [2.75, 3.05) is 13.7 Å². The minimum atomic E-state index is -0.0497. The average Bonchev–Trinajstić information content (AvgIpc) is 2.62. The maximum Gasteiger partial charge on any atom is 0.254 e. The smallest absolute Gasteiger partial charge is 0.254 e. The SMILES string of the molecule is CCOc1cc(C(=O)N(C)Cc2cccc3ccccc23)ccn1. The molecule has 4 nitrogen and oxygen atoms in total. The number of nitrogens with zero attached hydrogens (tertiary/aromatic N) is 2. The molecule has 0 aliphatic carbocycles. The first-order chi connectivity index (χ1) is 11.7. The van der Waals surface area contributed by atoms with E-state index in [0.29, 0.717) is 24.6 Å². The summed E-state index contributed by atoms with van der Waals surface area (Å²) >= 11 is 0. The second kappa shape index (κ2) is 7.13. The molecule has 2 aromatic carbocycles. The van der Waals surface area contributed by atoms with Crippen molar-refractivity contribution < 1.29 is 9.53 Å². The lowest BCUT2D eigenvalue weighted by Gasteiger charge is -2.19. The highest BCUT2D eigenvalue weighted by Crippen LogP contribution is 2.20. The van der Waals surface area contributed by atoms with Gasteiger partial charge in [-0.1, -0.05) is 42.5 Å². The predicted octanol–water partition coefficient (Wildman–Crippen LogP) is 3.91. The minimum Gasteiger partial charge on any atom is -0.478 e. The van der Waals surface area contributed by atoms with Crippen molar-refractivity contribution >= 4 is 16.7 Å². The number of fused-ring (bicyclic) bond motifs is 1. The molecular formula is C20H20N2O2. The zero-order valence-corrected chi connectivity index (χ0v) is 13.9. The van der Waals surface area contributed by atoms with Crippen LogP contribution in [-0.2, 0) is 6.54 Å². The zero-order chi connectivity index (χ0) is 16.9. The summed E-state index contributed by atoms with van der Waals surface area (Å²) in [7, 11) is 1.81. The number of rotatable bonds is 5. The van der Waals surface area contributed by atoms with E-state index in [4.69, 9.17) is 4.74 Å². The number of aromatic nitrogens is 1. The van der Waals surface area contributed by atoms with Gasteiger partial charge in [-0.05, 0) is 29.3 Å². The van der Waals surface area contributed by atoms with Crippen molar-refractivity contribution in [1.29, 1.82) is 0 Å². The van der Waals surface area contributed by atoms with E-state index in [0.717, 1.165) is 5.56 Å². The monoisotopic (exact) mass is 320 g/mol. The summed E-state index contributed by atoms with van der Waals surface area (Å²) in [5.74, 6) is 0.424. The van der Waals surface area contributed by atoms with E-state index in [-0.39, 0.29) is 5.91 Å². The molecule has 3 rings (SSSR count). The molecule has 0 aliphatic heterocycles. The molecule has 1 amide bonds. The van der Waals surface area contributed by atoms with Crippen LogP contribution in [0.1, 0.15) is 22.8 Å². The maximum absolute atomic E-state index is 12.7. The molecular weight excluding hydrogens is 300 g/mol. The fourth-order valence-corrected chi connectivity index (χ4v) is 2.75. The van der Waals surface area contributed by atoms with Gasteiger partial charge in [0.1, 0.15) is 0 Å². The summed E-state index contributed by atoms with van der Waals surface area (Å²) in [5.41, 5.74) is 1.71. The molecule has 0 fully saturated rings. The van der Waals surface area contributed by atoms with Crippen LogP contribution in [0.2, 0.25) is 0 Å². The van der Waals surface area contributed by atoms with E-state index < -0.39 is 0 Å². The van der Waals surface area contributed by atoms with Gasteiger partial charge in [0.05, 0.1) is 6.61 Å². The highest BCUT2D eigenvalue weighted by molar-refractivity contribution is 5.94. The van der Waals surface area contributed by atoms with Crippen molar-refractivity contribution in [3.05, 3.63) is 71.9 Å². The number of hydrogen-bond donors (Lipinski definition) is 0. The standard InChI is InChI=1S/C20H20N2O2/c1-3-24-19-13-16(11-12-21-19)20(23)22(2)14-17-9-6-8-15-7-4-5-10-18(15)17/h4-13H,3,14H2,1-2H3. The van der Waals surface area contributed by atoms with Gasteiger partial charge in [-0.15, -0.1) is 0 Å². The van der Waals surface area contributed by atoms with Crippen LogP contribution in [-0.4, -0.2) is 29.4 Å². The van der Waals surface area contributed by atoms with Crippen LogP contribution in [0.3, 0.4) is 0 Å². The lowest BCUT2D eigenvalue weighted by atomic mass is 10.0. The number of hydrogen-bond acceptors (Lipinski definition) is 3. The summed E-state index contributed by atoms with van der Waals surface area (Å²) in [6.45, 7) is 2.96. The van der Waals surface area contributed by atoms with Gasteiger partial charge in [-0.3, -0.25) is 4.79 Å². The molecule has 0 atom stereocenters. The minimum absolute atomic E-state index is 0.0497. The number of ether oxygens (including phenoxy) is 1. The van der Waals surface area contributed by atoms with E-state index in [9.17, 15) is 4.79 Å². The number of amides is 1. The molecule has 4 heteroatoms. The molecule has 1 aromatic heterocycles. The first-order valence-corrected chi connectivity index (χ1v) is 8.00. The maximum atomic E-state index is 12.7. The van der Waals surface area contributed by atoms with Crippen LogP contribution in [0.5, 0.6) is 5.88 Å². The molecule has 0 bridgehead atoms. The summed E-state index contributed by atoms with van der Waals surface area (Å²) < 4.78 is 5.37. The first kappa shape index (κ1) is 16.0. The third kappa shape index (κ3) is 3.38. The molecule has 0 unspecified atom stereocenters. The summed E-state index contributed by atoms with van der Waals surface area (Å²) in [6.07, 6.45) is 1.60. The van der Waals surface area contributed by atoms with Crippen molar-refractivity contribution in [1.82, 2.24) is 9.88 Å². The lowest BCUT2D eigenvalue weighted by Crippen LogP contribution is -2.26. The molecule has 0 spiro atoms. The number of carbonyl (C=O) groups excluding carboxylic acids is 1. The summed E-state index contributed by atoms with van der Waals surface area (Å²) in [5, 5.41) is 2.35. The van der Waals surface area contributed by atoms with E-state index in [2.05, 4.69) is 29.2 Å². The van der Waals surface area contributed by atoms with Crippen LogP contribution in [0.15, 0.2) is 60.8 Å². The Morgan fingerprint density at radius 2 is 1.92 bits per heavy atom. The molecule has 0 radical (unpaired) electrons. The predicted molar refractivity (Wildman–Crippen MR) is 95.2 cm³/mol. The zero-order valence-electron chi connectivity index (χ0n) is 13.9. The molecule has 24 heavy (non-hydrogen) atoms. The van der Waals surface area contributed by atoms with Gasteiger partial charge in [-0.25, -0.2) is 4.98 Å². The van der Waals surface area contributed by atoms with Gasteiger partial charge in [0, 0.05) is 31.4 Å². The van der Waals surface area contributed by atoms with E-state index >= 15 is 0 Å². The quantitative estimate of drug-likeness (QED) is 0.716. The molecule has 0 aliphatic rings. The second-order valence-corrected chi connectivity index (χ2v) is 5.62. The Bertz CT molecular complexity index is 856. The van der Waals surface area contributed by atoms with Gasteiger partial charge in [0.15, 0.2) is 0 Å². The lowest BCUT2D eigenvalue weighted by molar-refractivity contribution is 0.0785. The van der Waals surface area contributed by atoms with Gasteiger partial charge in [0.25, 0.3) is 5.91 Å². The Balaban J connectivity index is 1.82. The van der Waals surface area contributed by atoms with E-state index in [1.54, 1.807) is 23.2 Å². The number of carbonyl (C=O) groups is 1. The Hall–Kier alpha value is -2.88. The van der Waals surface area contributed by atoms with Crippen molar-refractivity contribution in [3.63, 3.8) is 0 Å². The Kier molecular flexibility index (Phi) is 4.75. The van der Waals surface area contributed by atoms with E-state index in [1.165, 1.54) is 10.8 Å². The third-order valence-electron chi connectivity index (χ3n) is 3.91. The van der Waals surface area contributed by atoms with Crippen LogP contribution < -0.4 is 4.74 Å². The first-order valence-electron chi connectivity index (χ1n) is 8.00.